The Morgan fingerprint density at radius 1 is 0.455 bits per heavy atom. The summed E-state index contributed by atoms with van der Waals surface area (Å²) in [6, 6.07) is 40.0. The molecule has 0 bridgehead atoms. The number of rotatable bonds is 16. The number of aliphatic hydroxyl groups excluding tert-OH is 1. The van der Waals surface area contributed by atoms with Gasteiger partial charge in [-0.3, -0.25) is 14.4 Å². The van der Waals surface area contributed by atoms with E-state index >= 15 is 0 Å². The second-order valence-corrected chi connectivity index (χ2v) is 20.7. The van der Waals surface area contributed by atoms with Crippen molar-refractivity contribution in [2.75, 3.05) is 94.8 Å². The van der Waals surface area contributed by atoms with E-state index in [-0.39, 0.29) is 53.7 Å². The van der Waals surface area contributed by atoms with Gasteiger partial charge in [0, 0.05) is 70.3 Å². The van der Waals surface area contributed by atoms with Crippen LogP contribution >= 0.6 is 0 Å². The molecule has 3 aliphatic rings. The van der Waals surface area contributed by atoms with Crippen molar-refractivity contribution in [2.24, 2.45) is 17.8 Å². The van der Waals surface area contributed by atoms with Crippen LogP contribution in [0.1, 0.15) is 101 Å². The van der Waals surface area contributed by atoms with Crippen LogP contribution in [0.3, 0.4) is 0 Å². The first-order valence-corrected chi connectivity index (χ1v) is 27.0. The molecule has 0 saturated carbocycles. The third-order valence-electron chi connectivity index (χ3n) is 14.3. The number of nitrogens with zero attached hydrogens (tertiary/aromatic N) is 3. The van der Waals surface area contributed by atoms with Crippen molar-refractivity contribution in [2.45, 2.75) is 70.8 Å². The second kappa shape index (κ2) is 30.5. The van der Waals surface area contributed by atoms with E-state index in [1.807, 2.05) is 72.8 Å². The minimum atomic E-state index is -0.599. The number of Topliss-reactive ketones (excluding diaryl/α,β-unsaturated/α-hetero) is 3. The highest BCUT2D eigenvalue weighted by Gasteiger charge is 2.27. The summed E-state index contributed by atoms with van der Waals surface area (Å²) in [6.45, 7) is 10.2. The van der Waals surface area contributed by atoms with E-state index < -0.39 is 12.1 Å². The van der Waals surface area contributed by atoms with Gasteiger partial charge in [0.15, 0.2) is 17.3 Å². The molecule has 410 valence electrons. The van der Waals surface area contributed by atoms with E-state index in [1.54, 1.807) is 55.5 Å². The van der Waals surface area contributed by atoms with E-state index in [0.717, 1.165) is 89.9 Å². The molecule has 8 rings (SSSR count). The third-order valence-corrected chi connectivity index (χ3v) is 14.3. The maximum absolute atomic E-state index is 12.8. The summed E-state index contributed by atoms with van der Waals surface area (Å²) >= 11 is 0. The lowest BCUT2D eigenvalue weighted by atomic mass is 9.89. The van der Waals surface area contributed by atoms with Crippen LogP contribution in [0, 0.1) is 17.8 Å². The SMILES string of the molecule is CC(CCNC(=O)Nc1cccc(C(=O)C2CCN(C)CC2)c1)c1ccccc1.CC(O)CNC(=O)Nc1cccc(C(=O)C2CCN(C)CC2)c1.CN1CCC(C(=O)c2cccc(NC(=O)Nc3ccccc3)c2)CC1. The monoisotopic (exact) mass is 1050 g/mol. The number of urea groups is 3. The quantitative estimate of drug-likeness (QED) is 0.0466. The van der Waals surface area contributed by atoms with E-state index in [4.69, 9.17) is 5.11 Å². The van der Waals surface area contributed by atoms with Crippen molar-refractivity contribution in [3.8, 4) is 0 Å². The molecule has 0 spiro atoms. The van der Waals surface area contributed by atoms with Crippen LogP contribution in [0.25, 0.3) is 0 Å². The fourth-order valence-electron chi connectivity index (χ4n) is 9.53. The predicted molar refractivity (Wildman–Crippen MR) is 307 cm³/mol. The number of ketones is 3. The molecule has 0 aromatic heterocycles. The summed E-state index contributed by atoms with van der Waals surface area (Å²) in [5.74, 6) is 1.09. The molecule has 77 heavy (non-hydrogen) atoms. The minimum Gasteiger partial charge on any atom is -0.392 e. The number of carbonyl (C=O) groups is 6. The zero-order chi connectivity index (χ0) is 55.1. The molecular weight excluding hydrogens is 971 g/mol. The summed E-state index contributed by atoms with van der Waals surface area (Å²) < 4.78 is 0. The fraction of sp³-hybridized carbons (Fsp3) is 0.410. The lowest BCUT2D eigenvalue weighted by Crippen LogP contribution is -2.34. The van der Waals surface area contributed by atoms with Gasteiger partial charge in [-0.05, 0) is 172 Å². The van der Waals surface area contributed by atoms with Crippen LogP contribution in [0.2, 0.25) is 0 Å². The maximum atomic E-state index is 12.8. The molecule has 2 atom stereocenters. The lowest BCUT2D eigenvalue weighted by Gasteiger charge is -2.28. The van der Waals surface area contributed by atoms with Crippen LogP contribution in [-0.2, 0) is 0 Å². The highest BCUT2D eigenvalue weighted by molar-refractivity contribution is 6.03. The van der Waals surface area contributed by atoms with Crippen molar-refractivity contribution in [1.29, 1.82) is 0 Å². The van der Waals surface area contributed by atoms with Gasteiger partial charge in [-0.25, -0.2) is 14.4 Å². The average molecular weight is 1050 g/mol. The van der Waals surface area contributed by atoms with Gasteiger partial charge in [-0.1, -0.05) is 91.9 Å². The molecule has 3 fully saturated rings. The number of aliphatic hydroxyl groups is 1. The van der Waals surface area contributed by atoms with Crippen LogP contribution in [0.15, 0.2) is 133 Å². The first kappa shape index (κ1) is 59.0. The largest absolute Gasteiger partial charge is 0.392 e. The Labute approximate surface area is 454 Å². The van der Waals surface area contributed by atoms with Crippen molar-refractivity contribution < 1.29 is 33.9 Å². The molecule has 3 aliphatic heterocycles. The summed E-state index contributed by atoms with van der Waals surface area (Å²) in [6.07, 6.45) is 5.59. The molecule has 2 unspecified atom stereocenters. The highest BCUT2D eigenvalue weighted by atomic mass is 16.3. The van der Waals surface area contributed by atoms with Gasteiger partial charge in [-0.15, -0.1) is 0 Å². The Bertz CT molecular complexity index is 2680. The standard InChI is InChI=1S/C24H31N3O2.C20H23N3O2.C17H25N3O3/c1-18(19-7-4-3-5-8-19)11-14-25-24(29)26-22-10-6-9-21(17-22)23(28)20-12-15-27(2)16-13-20;1-23-12-10-15(11-13-23)19(24)16-6-5-9-18(14-16)22-20(25)21-17-7-3-2-4-8-17;1-12(21)11-18-17(23)19-15-5-3-4-14(10-15)16(22)13-6-8-20(2)9-7-13/h3-10,17-18,20H,11-16H2,1-2H3,(H2,25,26,29);2-9,14-15H,10-13H2,1H3,(H2,21,22,25);3-5,10,12-13,21H,6-9,11H2,1-2H3,(H2,18,19,23). The topological polar surface area (TPSA) is 205 Å². The van der Waals surface area contributed by atoms with Gasteiger partial charge in [0.05, 0.1) is 6.10 Å². The first-order chi connectivity index (χ1) is 37.1. The maximum Gasteiger partial charge on any atom is 0.323 e. The molecular formula is C61H79N9O7. The molecule has 5 aromatic carbocycles. The Morgan fingerprint density at radius 3 is 1.18 bits per heavy atom. The minimum absolute atomic E-state index is 0.0607. The number of hydrogen-bond donors (Lipinski definition) is 7. The second-order valence-electron chi connectivity index (χ2n) is 20.7. The summed E-state index contributed by atoms with van der Waals surface area (Å²) in [5.41, 5.74) is 5.81. The van der Waals surface area contributed by atoms with E-state index in [0.29, 0.717) is 46.2 Å². The number of benzene rings is 5. The van der Waals surface area contributed by atoms with Crippen LogP contribution in [-0.4, -0.2) is 135 Å². The lowest BCUT2D eigenvalue weighted by molar-refractivity contribution is 0.0850. The Hall–Kier alpha value is -7.24. The van der Waals surface area contributed by atoms with Crippen LogP contribution < -0.4 is 31.9 Å². The number of piperidine rings is 3. The van der Waals surface area contributed by atoms with Gasteiger partial charge >= 0.3 is 18.1 Å². The molecule has 0 radical (unpaired) electrons. The zero-order valence-corrected chi connectivity index (χ0v) is 45.4. The van der Waals surface area contributed by atoms with Crippen molar-refractivity contribution >= 4 is 58.2 Å². The van der Waals surface area contributed by atoms with Crippen molar-refractivity contribution in [1.82, 2.24) is 25.3 Å². The Morgan fingerprint density at radius 2 is 0.792 bits per heavy atom. The van der Waals surface area contributed by atoms with Gasteiger partial charge in [0.1, 0.15) is 0 Å². The highest BCUT2D eigenvalue weighted by Crippen LogP contribution is 2.26. The normalized spacial score (nSPS) is 16.4. The third kappa shape index (κ3) is 20.0. The average Bonchev–Trinajstić information content (AvgIpc) is 3.44. The van der Waals surface area contributed by atoms with Crippen molar-refractivity contribution in [3.63, 3.8) is 0 Å². The Balaban J connectivity index is 0.000000189. The predicted octanol–water partition coefficient (Wildman–Crippen LogP) is 10.1. The van der Waals surface area contributed by atoms with Crippen LogP contribution in [0.4, 0.5) is 37.1 Å². The summed E-state index contributed by atoms with van der Waals surface area (Å²) in [7, 11) is 6.23. The molecule has 6 amide bonds. The van der Waals surface area contributed by atoms with Gasteiger partial charge in [0.25, 0.3) is 0 Å². The molecule has 16 heteroatoms. The summed E-state index contributed by atoms with van der Waals surface area (Å²) in [4.78, 5) is 80.8. The van der Waals surface area contributed by atoms with Crippen molar-refractivity contribution in [3.05, 3.63) is 156 Å². The van der Waals surface area contributed by atoms with Gasteiger partial charge < -0.3 is 51.7 Å². The number of anilines is 4. The first-order valence-electron chi connectivity index (χ1n) is 27.0. The van der Waals surface area contributed by atoms with E-state index in [9.17, 15) is 28.8 Å². The number of likely N-dealkylation sites (tertiary alicyclic amines) is 3. The number of hydrogen-bond acceptors (Lipinski definition) is 10. The number of para-hydroxylation sites is 1. The van der Waals surface area contributed by atoms with E-state index in [2.05, 4.69) is 86.8 Å². The molecule has 5 aromatic rings. The molecule has 3 saturated heterocycles. The van der Waals surface area contributed by atoms with Crippen LogP contribution in [0.5, 0.6) is 0 Å². The smallest absolute Gasteiger partial charge is 0.323 e. The Kier molecular flexibility index (Phi) is 23.4. The molecule has 7 N–H and O–H groups in total. The number of nitrogens with one attached hydrogen (secondary N) is 6. The molecule has 16 nitrogen and oxygen atoms in total. The fourth-order valence-corrected chi connectivity index (χ4v) is 9.53. The number of carbonyl (C=O) groups excluding carboxylic acids is 6. The van der Waals surface area contributed by atoms with E-state index in [1.165, 1.54) is 5.56 Å². The number of amides is 6. The summed E-state index contributed by atoms with van der Waals surface area (Å²) in [5, 5.41) is 25.7. The molecule has 0 aliphatic carbocycles. The van der Waals surface area contributed by atoms with Gasteiger partial charge in [0.2, 0.25) is 0 Å². The van der Waals surface area contributed by atoms with Gasteiger partial charge in [-0.2, -0.15) is 0 Å². The zero-order valence-electron chi connectivity index (χ0n) is 45.4. The molecule has 3 heterocycles.